The Labute approximate surface area is 136 Å². The lowest BCUT2D eigenvalue weighted by Crippen LogP contribution is -2.38. The molecule has 1 aromatic carbocycles. The van der Waals surface area contributed by atoms with Crippen LogP contribution in [0.3, 0.4) is 0 Å². The van der Waals surface area contributed by atoms with Crippen LogP contribution in [0.4, 0.5) is 8.78 Å². The maximum atomic E-state index is 12.1. The fourth-order valence-electron chi connectivity index (χ4n) is 1.96. The summed E-state index contributed by atoms with van der Waals surface area (Å²) in [5, 5.41) is 3.21. The highest BCUT2D eigenvalue weighted by Gasteiger charge is 2.08. The first-order valence-electron chi connectivity index (χ1n) is 7.67. The van der Waals surface area contributed by atoms with E-state index >= 15 is 0 Å². The lowest BCUT2D eigenvalue weighted by atomic mass is 10.2. The summed E-state index contributed by atoms with van der Waals surface area (Å²) in [4.78, 5) is 6.46. The van der Waals surface area contributed by atoms with Gasteiger partial charge in [0.1, 0.15) is 5.75 Å². The number of hydrogen-bond donors (Lipinski definition) is 1. The molecule has 0 amide bonds. The Hall–Kier alpha value is -1.89. The van der Waals surface area contributed by atoms with Crippen molar-refractivity contribution in [2.75, 3.05) is 33.4 Å². The van der Waals surface area contributed by atoms with E-state index in [0.717, 1.165) is 18.1 Å². The molecule has 0 heterocycles. The first-order valence-corrected chi connectivity index (χ1v) is 7.67. The molecule has 7 heteroatoms. The normalized spacial score (nSPS) is 11.7. The monoisotopic (exact) mass is 329 g/mol. The van der Waals surface area contributed by atoms with Crippen molar-refractivity contribution in [3.63, 3.8) is 0 Å². The molecule has 0 aliphatic heterocycles. The van der Waals surface area contributed by atoms with E-state index in [1.54, 1.807) is 12.1 Å². The van der Waals surface area contributed by atoms with E-state index in [0.29, 0.717) is 26.3 Å². The quantitative estimate of drug-likeness (QED) is 0.430. The summed E-state index contributed by atoms with van der Waals surface area (Å²) >= 11 is 0. The first kappa shape index (κ1) is 19.2. The molecule has 0 bridgehead atoms. The molecule has 5 nitrogen and oxygen atoms in total. The summed E-state index contributed by atoms with van der Waals surface area (Å²) in [6.07, 6.45) is 0. The summed E-state index contributed by atoms with van der Waals surface area (Å²) in [6, 6.07) is 6.60. The number of benzene rings is 1. The average molecular weight is 329 g/mol. The summed E-state index contributed by atoms with van der Waals surface area (Å²) in [6.45, 7) is 4.36. The van der Waals surface area contributed by atoms with Gasteiger partial charge in [0.15, 0.2) is 5.96 Å². The number of hydrogen-bond acceptors (Lipinski definition) is 3. The van der Waals surface area contributed by atoms with Crippen molar-refractivity contribution in [2.24, 2.45) is 4.99 Å². The van der Waals surface area contributed by atoms with Crippen molar-refractivity contribution in [3.8, 4) is 5.75 Å². The lowest BCUT2D eigenvalue weighted by molar-refractivity contribution is -0.0498. The van der Waals surface area contributed by atoms with Crippen molar-refractivity contribution in [1.29, 1.82) is 0 Å². The SMILES string of the molecule is CCNC(=NCCOCC)N(C)Cc1ccc(OC(F)F)cc1. The minimum Gasteiger partial charge on any atom is -0.435 e. The molecule has 23 heavy (non-hydrogen) atoms. The molecule has 0 fully saturated rings. The number of aliphatic imine (C=N–C) groups is 1. The van der Waals surface area contributed by atoms with Gasteiger partial charge in [0.2, 0.25) is 0 Å². The summed E-state index contributed by atoms with van der Waals surface area (Å²) in [7, 11) is 1.92. The zero-order valence-electron chi connectivity index (χ0n) is 13.9. The maximum Gasteiger partial charge on any atom is 0.387 e. The van der Waals surface area contributed by atoms with Gasteiger partial charge >= 0.3 is 6.61 Å². The molecule has 0 atom stereocenters. The topological polar surface area (TPSA) is 46.1 Å². The molecule has 1 N–H and O–H groups in total. The molecule has 1 aromatic rings. The molecule has 0 spiro atoms. The molecule has 0 unspecified atom stereocenters. The maximum absolute atomic E-state index is 12.1. The number of guanidine groups is 1. The second-order valence-corrected chi connectivity index (χ2v) is 4.81. The Morgan fingerprint density at radius 1 is 1.26 bits per heavy atom. The molecule has 0 aliphatic rings. The number of alkyl halides is 2. The van der Waals surface area contributed by atoms with Gasteiger partial charge < -0.3 is 19.7 Å². The zero-order valence-corrected chi connectivity index (χ0v) is 13.9. The third-order valence-electron chi connectivity index (χ3n) is 2.97. The minimum absolute atomic E-state index is 0.156. The summed E-state index contributed by atoms with van der Waals surface area (Å²) in [5.41, 5.74) is 0.976. The van der Waals surface area contributed by atoms with Gasteiger partial charge in [0.25, 0.3) is 0 Å². The average Bonchev–Trinajstić information content (AvgIpc) is 2.51. The Morgan fingerprint density at radius 3 is 2.52 bits per heavy atom. The molecule has 1 rings (SSSR count). The second kappa shape index (κ2) is 10.8. The summed E-state index contributed by atoms with van der Waals surface area (Å²) in [5.74, 6) is 0.934. The van der Waals surface area contributed by atoms with Gasteiger partial charge in [0, 0.05) is 26.7 Å². The third kappa shape index (κ3) is 7.78. The van der Waals surface area contributed by atoms with Crippen LogP contribution < -0.4 is 10.1 Å². The number of ether oxygens (including phenoxy) is 2. The highest BCUT2D eigenvalue weighted by atomic mass is 19.3. The minimum atomic E-state index is -2.80. The van der Waals surface area contributed by atoms with Gasteiger partial charge in [-0.05, 0) is 31.5 Å². The van der Waals surface area contributed by atoms with Crippen LogP contribution in [0.2, 0.25) is 0 Å². The van der Waals surface area contributed by atoms with Gasteiger partial charge in [0.05, 0.1) is 13.2 Å². The van der Waals surface area contributed by atoms with Crippen LogP contribution in [0.25, 0.3) is 0 Å². The Balaban J connectivity index is 2.60. The number of halogens is 2. The standard InChI is InChI=1S/C16H25F2N3O2/c1-4-19-16(20-10-11-22-5-2)21(3)12-13-6-8-14(9-7-13)23-15(17)18/h6-9,15H,4-5,10-12H2,1-3H3,(H,19,20). The van der Waals surface area contributed by atoms with E-state index in [1.165, 1.54) is 12.1 Å². The predicted octanol–water partition coefficient (Wildman–Crippen LogP) is 2.72. The van der Waals surface area contributed by atoms with E-state index in [1.807, 2.05) is 25.8 Å². The van der Waals surface area contributed by atoms with Crippen LogP contribution in [0, 0.1) is 0 Å². The smallest absolute Gasteiger partial charge is 0.387 e. The van der Waals surface area contributed by atoms with E-state index in [9.17, 15) is 8.78 Å². The Bertz CT molecular complexity index is 467. The van der Waals surface area contributed by atoms with E-state index < -0.39 is 6.61 Å². The van der Waals surface area contributed by atoms with Gasteiger partial charge in [-0.3, -0.25) is 4.99 Å². The fraction of sp³-hybridized carbons (Fsp3) is 0.562. The van der Waals surface area contributed by atoms with Gasteiger partial charge in [-0.2, -0.15) is 8.78 Å². The van der Waals surface area contributed by atoms with Crippen LogP contribution in [0.15, 0.2) is 29.3 Å². The van der Waals surface area contributed by atoms with Crippen molar-refractivity contribution in [1.82, 2.24) is 10.2 Å². The number of rotatable bonds is 9. The van der Waals surface area contributed by atoms with E-state index in [2.05, 4.69) is 15.0 Å². The predicted molar refractivity (Wildman–Crippen MR) is 87.0 cm³/mol. The van der Waals surface area contributed by atoms with Crippen LogP contribution in [-0.2, 0) is 11.3 Å². The van der Waals surface area contributed by atoms with Crippen LogP contribution in [0.1, 0.15) is 19.4 Å². The highest BCUT2D eigenvalue weighted by molar-refractivity contribution is 5.79. The highest BCUT2D eigenvalue weighted by Crippen LogP contribution is 2.15. The van der Waals surface area contributed by atoms with Gasteiger partial charge in [-0.1, -0.05) is 12.1 Å². The summed E-state index contributed by atoms with van der Waals surface area (Å²) < 4.78 is 33.9. The molecule has 0 saturated heterocycles. The van der Waals surface area contributed by atoms with Gasteiger partial charge in [-0.15, -0.1) is 0 Å². The van der Waals surface area contributed by atoms with E-state index in [4.69, 9.17) is 4.74 Å². The number of nitrogens with zero attached hydrogens (tertiary/aromatic N) is 2. The lowest BCUT2D eigenvalue weighted by Gasteiger charge is -2.22. The van der Waals surface area contributed by atoms with Crippen LogP contribution in [0.5, 0.6) is 5.75 Å². The molecule has 130 valence electrons. The first-order chi connectivity index (χ1) is 11.1. The molecule has 0 saturated carbocycles. The van der Waals surface area contributed by atoms with Crippen LogP contribution >= 0.6 is 0 Å². The molecular formula is C16H25F2N3O2. The van der Waals surface area contributed by atoms with Crippen molar-refractivity contribution in [2.45, 2.75) is 27.0 Å². The third-order valence-corrected chi connectivity index (χ3v) is 2.97. The Morgan fingerprint density at radius 2 is 1.96 bits per heavy atom. The van der Waals surface area contributed by atoms with Crippen molar-refractivity contribution < 1.29 is 18.3 Å². The Kier molecular flexibility index (Phi) is 8.97. The van der Waals surface area contributed by atoms with Crippen LogP contribution in [-0.4, -0.2) is 50.8 Å². The number of nitrogens with one attached hydrogen (secondary N) is 1. The fourth-order valence-corrected chi connectivity index (χ4v) is 1.96. The van der Waals surface area contributed by atoms with E-state index in [-0.39, 0.29) is 5.75 Å². The second-order valence-electron chi connectivity index (χ2n) is 4.81. The van der Waals surface area contributed by atoms with Gasteiger partial charge in [-0.25, -0.2) is 0 Å². The van der Waals surface area contributed by atoms with Crippen molar-refractivity contribution in [3.05, 3.63) is 29.8 Å². The zero-order chi connectivity index (χ0) is 17.1. The van der Waals surface area contributed by atoms with Crippen molar-refractivity contribution >= 4 is 5.96 Å². The molecule has 0 aromatic heterocycles. The molecular weight excluding hydrogens is 304 g/mol. The largest absolute Gasteiger partial charge is 0.435 e. The molecule has 0 radical (unpaired) electrons. The molecule has 0 aliphatic carbocycles.